The Kier molecular flexibility index (Phi) is 6.40. The van der Waals surface area contributed by atoms with Crippen LogP contribution in [0.4, 0.5) is 10.5 Å². The van der Waals surface area contributed by atoms with E-state index in [4.69, 9.17) is 4.74 Å². The van der Waals surface area contributed by atoms with Crippen LogP contribution < -0.4 is 15.4 Å². The summed E-state index contributed by atoms with van der Waals surface area (Å²) in [5.74, 6) is -0.894. The van der Waals surface area contributed by atoms with Gasteiger partial charge < -0.3 is 20.5 Å². The van der Waals surface area contributed by atoms with E-state index in [0.29, 0.717) is 23.2 Å². The summed E-state index contributed by atoms with van der Waals surface area (Å²) in [6, 6.07) is 9.72. The van der Waals surface area contributed by atoms with E-state index in [1.165, 1.54) is 13.2 Å². The number of carbonyl (C=O) groups is 3. The van der Waals surface area contributed by atoms with Crippen LogP contribution in [0.5, 0.6) is 11.5 Å². The smallest absolute Gasteiger partial charge is 0.329 e. The second-order valence-electron chi connectivity index (χ2n) is 7.02. The minimum absolute atomic E-state index is 0.0132. The minimum Gasteiger partial charge on any atom is -0.504 e. The van der Waals surface area contributed by atoms with Gasteiger partial charge in [-0.2, -0.15) is 0 Å². The summed E-state index contributed by atoms with van der Waals surface area (Å²) >= 11 is 0. The SMILES string of the molecule is C=CCc1cc(C=C2NC(=O)N(CC(=O)Nc3cccc(C)c3)C2=O)cc(OC)c1O. The lowest BCUT2D eigenvalue weighted by Crippen LogP contribution is -2.38. The number of phenols is 1. The van der Waals surface area contributed by atoms with Crippen LogP contribution in [0.3, 0.4) is 0 Å². The van der Waals surface area contributed by atoms with Crippen molar-refractivity contribution in [1.82, 2.24) is 10.2 Å². The highest BCUT2D eigenvalue weighted by molar-refractivity contribution is 6.16. The van der Waals surface area contributed by atoms with E-state index in [1.807, 2.05) is 13.0 Å². The number of hydrogen-bond acceptors (Lipinski definition) is 5. The molecule has 0 aromatic heterocycles. The maximum absolute atomic E-state index is 12.7. The predicted molar refractivity (Wildman–Crippen MR) is 117 cm³/mol. The summed E-state index contributed by atoms with van der Waals surface area (Å²) in [5, 5.41) is 15.3. The van der Waals surface area contributed by atoms with Gasteiger partial charge in [0.2, 0.25) is 5.91 Å². The zero-order valence-corrected chi connectivity index (χ0v) is 17.3. The Morgan fingerprint density at radius 1 is 1.29 bits per heavy atom. The number of anilines is 1. The van der Waals surface area contributed by atoms with Crippen LogP contribution in [0.1, 0.15) is 16.7 Å². The van der Waals surface area contributed by atoms with Crippen LogP contribution in [0, 0.1) is 6.92 Å². The molecule has 1 heterocycles. The summed E-state index contributed by atoms with van der Waals surface area (Å²) in [6.07, 6.45) is 3.49. The number of aryl methyl sites for hydroxylation is 1. The number of phenolic OH excluding ortho intramolecular Hbond substituents is 1. The standard InChI is InChI=1S/C23H23N3O5/c1-4-6-16-10-15(12-19(31-3)21(16)28)11-18-22(29)26(23(30)25-18)13-20(27)24-17-8-5-7-14(2)9-17/h4-5,7-12,28H,1,6,13H2,2-3H3,(H,24,27)(H,25,30). The van der Waals surface area contributed by atoms with Gasteiger partial charge in [0.05, 0.1) is 7.11 Å². The molecule has 0 bridgehead atoms. The lowest BCUT2D eigenvalue weighted by atomic mass is 10.0. The molecule has 0 unspecified atom stereocenters. The molecule has 0 aliphatic carbocycles. The molecule has 8 nitrogen and oxygen atoms in total. The number of nitrogens with one attached hydrogen (secondary N) is 2. The van der Waals surface area contributed by atoms with Crippen LogP contribution >= 0.6 is 0 Å². The van der Waals surface area contributed by atoms with E-state index in [2.05, 4.69) is 17.2 Å². The first-order chi connectivity index (χ1) is 14.8. The molecule has 0 spiro atoms. The Morgan fingerprint density at radius 3 is 2.74 bits per heavy atom. The normalized spacial score (nSPS) is 14.5. The summed E-state index contributed by atoms with van der Waals surface area (Å²) < 4.78 is 5.17. The molecule has 0 atom stereocenters. The number of amides is 4. The fourth-order valence-corrected chi connectivity index (χ4v) is 3.19. The molecule has 3 N–H and O–H groups in total. The van der Waals surface area contributed by atoms with Gasteiger partial charge in [0.25, 0.3) is 5.91 Å². The molecule has 1 fully saturated rings. The van der Waals surface area contributed by atoms with E-state index in [1.54, 1.807) is 36.4 Å². The van der Waals surface area contributed by atoms with Gasteiger partial charge in [-0.3, -0.25) is 9.59 Å². The molecule has 1 aliphatic heterocycles. The number of ether oxygens (including phenoxy) is 1. The van der Waals surface area contributed by atoms with Gasteiger partial charge in [-0.25, -0.2) is 9.69 Å². The van der Waals surface area contributed by atoms with Crippen LogP contribution in [-0.2, 0) is 16.0 Å². The third-order valence-corrected chi connectivity index (χ3v) is 4.64. The van der Waals surface area contributed by atoms with Gasteiger partial charge in [0.15, 0.2) is 11.5 Å². The Hall–Kier alpha value is -4.07. The second-order valence-corrected chi connectivity index (χ2v) is 7.02. The van der Waals surface area contributed by atoms with Crippen molar-refractivity contribution in [3.63, 3.8) is 0 Å². The van der Waals surface area contributed by atoms with Gasteiger partial charge in [-0.15, -0.1) is 6.58 Å². The number of allylic oxidation sites excluding steroid dienone is 1. The van der Waals surface area contributed by atoms with Crippen LogP contribution in [0.15, 0.2) is 54.8 Å². The molecule has 160 valence electrons. The first-order valence-corrected chi connectivity index (χ1v) is 9.54. The minimum atomic E-state index is -0.687. The van der Waals surface area contributed by atoms with Crippen molar-refractivity contribution in [2.75, 3.05) is 19.0 Å². The van der Waals surface area contributed by atoms with E-state index in [9.17, 15) is 19.5 Å². The summed E-state index contributed by atoms with van der Waals surface area (Å²) in [7, 11) is 1.42. The van der Waals surface area contributed by atoms with Crippen molar-refractivity contribution >= 4 is 29.6 Å². The van der Waals surface area contributed by atoms with Crippen molar-refractivity contribution in [2.24, 2.45) is 0 Å². The highest BCUT2D eigenvalue weighted by atomic mass is 16.5. The number of carbonyl (C=O) groups excluding carboxylic acids is 3. The number of benzene rings is 2. The van der Waals surface area contributed by atoms with Gasteiger partial charge >= 0.3 is 6.03 Å². The van der Waals surface area contributed by atoms with Crippen LogP contribution in [0.2, 0.25) is 0 Å². The van der Waals surface area contributed by atoms with Gasteiger partial charge in [0, 0.05) is 11.3 Å². The molecular formula is C23H23N3O5. The number of urea groups is 1. The molecule has 2 aromatic carbocycles. The number of hydrogen-bond donors (Lipinski definition) is 3. The third kappa shape index (κ3) is 4.92. The first kappa shape index (κ1) is 21.6. The molecule has 0 saturated carbocycles. The van der Waals surface area contributed by atoms with Crippen molar-refractivity contribution in [2.45, 2.75) is 13.3 Å². The quantitative estimate of drug-likeness (QED) is 0.362. The summed E-state index contributed by atoms with van der Waals surface area (Å²) in [4.78, 5) is 38.1. The van der Waals surface area contributed by atoms with E-state index in [0.717, 1.165) is 10.5 Å². The zero-order chi connectivity index (χ0) is 22.5. The molecule has 31 heavy (non-hydrogen) atoms. The number of rotatable bonds is 7. The summed E-state index contributed by atoms with van der Waals surface area (Å²) in [6.45, 7) is 5.13. The molecular weight excluding hydrogens is 398 g/mol. The molecule has 3 rings (SSSR count). The van der Waals surface area contributed by atoms with Crippen molar-refractivity contribution < 1.29 is 24.2 Å². The topological polar surface area (TPSA) is 108 Å². The molecule has 0 radical (unpaired) electrons. The number of nitrogens with zero attached hydrogens (tertiary/aromatic N) is 1. The fraction of sp³-hybridized carbons (Fsp3) is 0.174. The van der Waals surface area contributed by atoms with Gasteiger partial charge in [-0.05, 0) is 54.8 Å². The van der Waals surface area contributed by atoms with E-state index in [-0.39, 0.29) is 17.2 Å². The molecule has 4 amide bonds. The van der Waals surface area contributed by atoms with E-state index >= 15 is 0 Å². The predicted octanol–water partition coefficient (Wildman–Crippen LogP) is 2.97. The lowest BCUT2D eigenvalue weighted by Gasteiger charge is -2.12. The van der Waals surface area contributed by atoms with Gasteiger partial charge in [0.1, 0.15) is 12.2 Å². The van der Waals surface area contributed by atoms with Crippen molar-refractivity contribution in [3.8, 4) is 11.5 Å². The average molecular weight is 421 g/mol. The van der Waals surface area contributed by atoms with Gasteiger partial charge in [-0.1, -0.05) is 18.2 Å². The van der Waals surface area contributed by atoms with Crippen LogP contribution in [0.25, 0.3) is 6.08 Å². The molecule has 1 saturated heterocycles. The number of imide groups is 1. The van der Waals surface area contributed by atoms with Crippen LogP contribution in [-0.4, -0.2) is 41.5 Å². The van der Waals surface area contributed by atoms with Crippen molar-refractivity contribution in [1.29, 1.82) is 0 Å². The largest absolute Gasteiger partial charge is 0.504 e. The molecule has 1 aliphatic rings. The highest BCUT2D eigenvalue weighted by Crippen LogP contribution is 2.33. The Morgan fingerprint density at radius 2 is 2.06 bits per heavy atom. The lowest BCUT2D eigenvalue weighted by molar-refractivity contribution is -0.127. The Labute approximate surface area is 179 Å². The number of aromatic hydroxyl groups is 1. The first-order valence-electron chi connectivity index (χ1n) is 9.54. The van der Waals surface area contributed by atoms with Crippen molar-refractivity contribution in [3.05, 3.63) is 71.4 Å². The highest BCUT2D eigenvalue weighted by Gasteiger charge is 2.35. The fourth-order valence-electron chi connectivity index (χ4n) is 3.19. The van der Waals surface area contributed by atoms with E-state index < -0.39 is 24.4 Å². The average Bonchev–Trinajstić information content (AvgIpc) is 2.97. The zero-order valence-electron chi connectivity index (χ0n) is 17.3. The summed E-state index contributed by atoms with van der Waals surface area (Å²) in [5.41, 5.74) is 2.68. The number of methoxy groups -OCH3 is 1. The maximum atomic E-state index is 12.7. The monoisotopic (exact) mass is 421 g/mol. The Bertz CT molecular complexity index is 1090. The molecule has 8 heteroatoms. The Balaban J connectivity index is 1.78. The maximum Gasteiger partial charge on any atom is 0.329 e. The second kappa shape index (κ2) is 9.17. The third-order valence-electron chi connectivity index (χ3n) is 4.64. The molecule has 2 aromatic rings.